The summed E-state index contributed by atoms with van der Waals surface area (Å²) in [6, 6.07) is 5.55. The zero-order valence-electron chi connectivity index (χ0n) is 10.2. The van der Waals surface area contributed by atoms with Gasteiger partial charge in [-0.1, -0.05) is 6.42 Å². The van der Waals surface area contributed by atoms with Gasteiger partial charge >= 0.3 is 0 Å². The average Bonchev–Trinajstić information content (AvgIpc) is 2.38. The maximum absolute atomic E-state index is 10.9. The van der Waals surface area contributed by atoms with Crippen LogP contribution in [0.5, 0.6) is 0 Å². The Morgan fingerprint density at radius 3 is 2.78 bits per heavy atom. The van der Waals surface area contributed by atoms with Gasteiger partial charge in [-0.25, -0.2) is 0 Å². The van der Waals surface area contributed by atoms with Crippen molar-refractivity contribution in [2.75, 3.05) is 0 Å². The summed E-state index contributed by atoms with van der Waals surface area (Å²) in [5.74, 6) is 0. The molecule has 0 amide bonds. The zero-order chi connectivity index (χ0) is 12.6. The maximum Gasteiger partial charge on any atom is 0.109 e. The highest BCUT2D eigenvalue weighted by atomic mass is 32.2. The Labute approximate surface area is 111 Å². The van der Waals surface area contributed by atoms with Gasteiger partial charge in [0.2, 0.25) is 0 Å². The highest BCUT2D eigenvalue weighted by molar-refractivity contribution is 8.00. The van der Waals surface area contributed by atoms with Crippen LogP contribution in [0.4, 0.5) is 0 Å². The fourth-order valence-electron chi connectivity index (χ4n) is 3.08. The molecule has 2 bridgehead atoms. The van der Waals surface area contributed by atoms with Gasteiger partial charge in [0.25, 0.3) is 0 Å². The van der Waals surface area contributed by atoms with Gasteiger partial charge < -0.3 is 5.11 Å². The van der Waals surface area contributed by atoms with Gasteiger partial charge in [0, 0.05) is 16.7 Å². The van der Waals surface area contributed by atoms with E-state index >= 15 is 0 Å². The summed E-state index contributed by atoms with van der Waals surface area (Å²) >= 11 is 2.03. The molecule has 2 aliphatic rings. The third kappa shape index (κ3) is 2.13. The molecule has 3 rings (SSSR count). The Morgan fingerprint density at radius 1 is 1.39 bits per heavy atom. The standard InChI is InChI=1S/C14H16N2OS/c15-9-10-4-5-16-13(6-10)14(17)7-11-2-1-3-12(8-14)18-11/h4-6,11-12,17H,1-3,7-8H2. The van der Waals surface area contributed by atoms with E-state index in [0.29, 0.717) is 21.8 Å². The summed E-state index contributed by atoms with van der Waals surface area (Å²) in [7, 11) is 0. The number of hydrogen-bond acceptors (Lipinski definition) is 4. The van der Waals surface area contributed by atoms with E-state index < -0.39 is 5.60 Å². The van der Waals surface area contributed by atoms with Gasteiger partial charge in [-0.15, -0.1) is 0 Å². The van der Waals surface area contributed by atoms with Crippen LogP contribution in [0.1, 0.15) is 43.4 Å². The van der Waals surface area contributed by atoms with Gasteiger partial charge in [-0.3, -0.25) is 4.98 Å². The minimum Gasteiger partial charge on any atom is -0.383 e. The molecule has 3 heterocycles. The van der Waals surface area contributed by atoms with Crippen molar-refractivity contribution >= 4 is 11.8 Å². The molecule has 18 heavy (non-hydrogen) atoms. The zero-order valence-corrected chi connectivity index (χ0v) is 11.0. The SMILES string of the molecule is N#Cc1ccnc(C2(O)CC3CCCC(C2)S3)c1. The van der Waals surface area contributed by atoms with Gasteiger partial charge in [0.05, 0.1) is 17.3 Å². The topological polar surface area (TPSA) is 56.9 Å². The largest absolute Gasteiger partial charge is 0.383 e. The highest BCUT2D eigenvalue weighted by Gasteiger charge is 2.43. The van der Waals surface area contributed by atoms with Crippen LogP contribution >= 0.6 is 11.8 Å². The van der Waals surface area contributed by atoms with E-state index in [2.05, 4.69) is 11.1 Å². The molecule has 3 nitrogen and oxygen atoms in total. The van der Waals surface area contributed by atoms with Crippen LogP contribution in [0.3, 0.4) is 0 Å². The molecule has 0 aliphatic carbocycles. The van der Waals surface area contributed by atoms with E-state index in [4.69, 9.17) is 5.26 Å². The number of aliphatic hydroxyl groups is 1. The third-order valence-corrected chi connectivity index (χ3v) is 5.51. The molecule has 4 heteroatoms. The normalized spacial score (nSPS) is 34.9. The molecule has 0 spiro atoms. The summed E-state index contributed by atoms with van der Waals surface area (Å²) < 4.78 is 0. The molecule has 0 radical (unpaired) electrons. The molecular formula is C14H16N2OS. The van der Waals surface area contributed by atoms with Crippen LogP contribution in [0.25, 0.3) is 0 Å². The number of pyridine rings is 1. The number of fused-ring (bicyclic) bond motifs is 2. The lowest BCUT2D eigenvalue weighted by molar-refractivity contribution is 0.00403. The van der Waals surface area contributed by atoms with Gasteiger partial charge in [0.15, 0.2) is 0 Å². The maximum atomic E-state index is 10.9. The number of nitriles is 1. The second kappa shape index (κ2) is 4.56. The fraction of sp³-hybridized carbons (Fsp3) is 0.571. The second-order valence-electron chi connectivity index (χ2n) is 5.29. The predicted molar refractivity (Wildman–Crippen MR) is 71.1 cm³/mol. The van der Waals surface area contributed by atoms with E-state index in [9.17, 15) is 5.11 Å². The molecule has 2 fully saturated rings. The fourth-order valence-corrected chi connectivity index (χ4v) is 4.98. The Morgan fingerprint density at radius 2 is 2.11 bits per heavy atom. The van der Waals surface area contributed by atoms with Gasteiger partial charge in [-0.05, 0) is 37.8 Å². The minimum atomic E-state index is -0.826. The van der Waals surface area contributed by atoms with E-state index in [1.807, 2.05) is 11.8 Å². The van der Waals surface area contributed by atoms with Crippen molar-refractivity contribution in [3.8, 4) is 6.07 Å². The molecule has 1 aromatic rings. The van der Waals surface area contributed by atoms with E-state index in [1.165, 1.54) is 19.3 Å². The Balaban J connectivity index is 1.92. The molecule has 1 aromatic heterocycles. The second-order valence-corrected chi connectivity index (χ2v) is 6.90. The lowest BCUT2D eigenvalue weighted by Crippen LogP contribution is -2.41. The van der Waals surface area contributed by atoms with Crippen molar-refractivity contribution in [1.82, 2.24) is 4.98 Å². The number of thioether (sulfide) groups is 1. The summed E-state index contributed by atoms with van der Waals surface area (Å²) in [4.78, 5) is 4.30. The van der Waals surface area contributed by atoms with Crippen molar-refractivity contribution in [2.24, 2.45) is 0 Å². The van der Waals surface area contributed by atoms with Crippen molar-refractivity contribution in [2.45, 2.75) is 48.2 Å². The van der Waals surface area contributed by atoms with Crippen molar-refractivity contribution in [3.05, 3.63) is 29.6 Å². The van der Waals surface area contributed by atoms with Gasteiger partial charge in [0.1, 0.15) is 5.60 Å². The lowest BCUT2D eigenvalue weighted by Gasteiger charge is -2.43. The van der Waals surface area contributed by atoms with Crippen LogP contribution in [0, 0.1) is 11.3 Å². The van der Waals surface area contributed by atoms with Crippen LogP contribution in [0.2, 0.25) is 0 Å². The molecule has 2 aliphatic heterocycles. The Kier molecular flexibility index (Phi) is 3.04. The van der Waals surface area contributed by atoms with E-state index in [-0.39, 0.29) is 0 Å². The molecule has 0 aromatic carbocycles. The number of rotatable bonds is 1. The van der Waals surface area contributed by atoms with Crippen molar-refractivity contribution in [1.29, 1.82) is 5.26 Å². The summed E-state index contributed by atoms with van der Waals surface area (Å²) in [5, 5.41) is 20.9. The van der Waals surface area contributed by atoms with Crippen LogP contribution in [-0.2, 0) is 5.60 Å². The summed E-state index contributed by atoms with van der Waals surface area (Å²) in [5.41, 5.74) is 0.434. The number of aromatic nitrogens is 1. The third-order valence-electron chi connectivity index (χ3n) is 3.93. The molecule has 2 saturated heterocycles. The average molecular weight is 260 g/mol. The molecular weight excluding hydrogens is 244 g/mol. The number of hydrogen-bond donors (Lipinski definition) is 1. The smallest absolute Gasteiger partial charge is 0.109 e. The Bertz CT molecular complexity index is 485. The first kappa shape index (κ1) is 12.0. The molecule has 94 valence electrons. The molecule has 0 saturated carbocycles. The Hall–Kier alpha value is -1.05. The van der Waals surface area contributed by atoms with E-state index in [1.54, 1.807) is 18.3 Å². The van der Waals surface area contributed by atoms with E-state index in [0.717, 1.165) is 12.8 Å². The molecule has 2 atom stereocenters. The molecule has 2 unspecified atom stereocenters. The highest BCUT2D eigenvalue weighted by Crippen LogP contribution is 2.49. The minimum absolute atomic E-state index is 0.551. The van der Waals surface area contributed by atoms with Gasteiger partial charge in [-0.2, -0.15) is 17.0 Å². The first-order valence-corrected chi connectivity index (χ1v) is 7.38. The van der Waals surface area contributed by atoms with Crippen LogP contribution < -0.4 is 0 Å². The molecule has 1 N–H and O–H groups in total. The van der Waals surface area contributed by atoms with Crippen molar-refractivity contribution in [3.63, 3.8) is 0 Å². The quantitative estimate of drug-likeness (QED) is 0.843. The summed E-state index contributed by atoms with van der Waals surface area (Å²) in [6.45, 7) is 0. The lowest BCUT2D eigenvalue weighted by atomic mass is 9.82. The number of nitrogens with zero attached hydrogens (tertiary/aromatic N) is 2. The first-order valence-electron chi connectivity index (χ1n) is 6.44. The summed E-state index contributed by atoms with van der Waals surface area (Å²) in [6.07, 6.45) is 6.85. The monoisotopic (exact) mass is 260 g/mol. The van der Waals surface area contributed by atoms with Crippen molar-refractivity contribution < 1.29 is 5.11 Å². The van der Waals surface area contributed by atoms with Crippen LogP contribution in [0.15, 0.2) is 18.3 Å². The first-order chi connectivity index (χ1) is 8.69. The van der Waals surface area contributed by atoms with Crippen LogP contribution in [-0.4, -0.2) is 20.6 Å². The predicted octanol–water partition coefficient (Wildman–Crippen LogP) is 2.59.